The van der Waals surface area contributed by atoms with E-state index in [1.54, 1.807) is 12.1 Å². The molecule has 8 heteroatoms. The summed E-state index contributed by atoms with van der Waals surface area (Å²) in [5.41, 5.74) is 0.0978. The van der Waals surface area contributed by atoms with Gasteiger partial charge >= 0.3 is 12.1 Å². The number of halogens is 5. The van der Waals surface area contributed by atoms with Crippen LogP contribution in [0.15, 0.2) is 48.5 Å². The number of nitrogens with zero attached hydrogens (tertiary/aromatic N) is 1. The van der Waals surface area contributed by atoms with Crippen LogP contribution in [0.25, 0.3) is 0 Å². The Kier molecular flexibility index (Phi) is 5.17. The van der Waals surface area contributed by atoms with Crippen LogP contribution in [0.1, 0.15) is 18.4 Å². The molecule has 1 aliphatic rings. The Bertz CT molecular complexity index is 768. The van der Waals surface area contributed by atoms with Crippen LogP contribution < -0.4 is 10.2 Å². The maximum Gasteiger partial charge on any atom is 0.458 e. The summed E-state index contributed by atoms with van der Waals surface area (Å²) in [5, 5.41) is 14.2. The van der Waals surface area contributed by atoms with Gasteiger partial charge in [-0.2, -0.15) is 22.0 Å². The van der Waals surface area contributed by atoms with Gasteiger partial charge in [-0.15, -0.1) is 0 Å². The van der Waals surface area contributed by atoms with Crippen molar-refractivity contribution >= 4 is 11.4 Å². The van der Waals surface area contributed by atoms with E-state index in [0.29, 0.717) is 25.9 Å². The molecule has 2 aromatic rings. The third-order valence-electron chi connectivity index (χ3n) is 4.65. The highest BCUT2D eigenvalue weighted by molar-refractivity contribution is 5.51. The summed E-state index contributed by atoms with van der Waals surface area (Å²) in [5.74, 6) is -4.95. The lowest BCUT2D eigenvalue weighted by Crippen LogP contribution is -2.39. The van der Waals surface area contributed by atoms with Gasteiger partial charge in [0.25, 0.3) is 0 Å². The number of hydrogen-bond acceptors (Lipinski definition) is 2. The summed E-state index contributed by atoms with van der Waals surface area (Å²) < 4.78 is 64.6. The first-order valence-corrected chi connectivity index (χ1v) is 8.50. The SMILES string of the molecule is [O]c1ccc(N2CCC(Nc3cccc(C(F)(F)C(F)(F)F)c3)CC2)cc1. The van der Waals surface area contributed by atoms with Crippen molar-refractivity contribution in [2.24, 2.45) is 0 Å². The standard InChI is InChI=1S/C19H18F5N2O/c20-18(21,19(22,23)24)13-2-1-3-15(12-13)25-14-8-10-26(11-9-14)16-4-6-17(27)7-5-16/h1-7,12,14,25H,8-11H2. The Morgan fingerprint density at radius 2 is 1.56 bits per heavy atom. The topological polar surface area (TPSA) is 35.2 Å². The highest BCUT2D eigenvalue weighted by atomic mass is 19.4. The zero-order valence-corrected chi connectivity index (χ0v) is 14.3. The molecule has 0 atom stereocenters. The highest BCUT2D eigenvalue weighted by Gasteiger charge is 2.58. The quantitative estimate of drug-likeness (QED) is 0.699. The molecule has 0 aliphatic carbocycles. The maximum absolute atomic E-state index is 13.5. The van der Waals surface area contributed by atoms with Crippen molar-refractivity contribution < 1.29 is 27.1 Å². The van der Waals surface area contributed by atoms with Crippen LogP contribution in [0.4, 0.5) is 33.3 Å². The second-order valence-electron chi connectivity index (χ2n) is 6.55. The molecule has 3 rings (SSSR count). The Morgan fingerprint density at radius 3 is 2.15 bits per heavy atom. The average molecular weight is 385 g/mol. The van der Waals surface area contributed by atoms with E-state index in [1.165, 1.54) is 24.3 Å². The first-order valence-electron chi connectivity index (χ1n) is 8.50. The molecule has 1 aliphatic heterocycles. The summed E-state index contributed by atoms with van der Waals surface area (Å²) in [6.07, 6.45) is -4.24. The molecule has 145 valence electrons. The van der Waals surface area contributed by atoms with E-state index in [4.69, 9.17) is 0 Å². The second kappa shape index (κ2) is 7.25. The minimum Gasteiger partial charge on any atom is -0.382 e. The third-order valence-corrected chi connectivity index (χ3v) is 4.65. The van der Waals surface area contributed by atoms with Crippen molar-refractivity contribution in [3.05, 3.63) is 54.1 Å². The number of benzene rings is 2. The molecule has 0 aromatic heterocycles. The fourth-order valence-electron chi connectivity index (χ4n) is 3.14. The van der Waals surface area contributed by atoms with E-state index in [0.717, 1.165) is 17.8 Å². The molecular formula is C19H18F5N2O. The summed E-state index contributed by atoms with van der Waals surface area (Å²) in [7, 11) is 0. The predicted octanol–water partition coefficient (Wildman–Crippen LogP) is 5.57. The molecule has 1 fully saturated rings. The number of alkyl halides is 5. The van der Waals surface area contributed by atoms with Gasteiger partial charge in [-0.25, -0.2) is 0 Å². The second-order valence-corrected chi connectivity index (χ2v) is 6.55. The van der Waals surface area contributed by atoms with Gasteiger partial charge in [0, 0.05) is 36.1 Å². The number of hydrogen-bond donors (Lipinski definition) is 1. The number of piperidine rings is 1. The van der Waals surface area contributed by atoms with E-state index < -0.39 is 17.7 Å². The fourth-order valence-corrected chi connectivity index (χ4v) is 3.14. The monoisotopic (exact) mass is 385 g/mol. The number of rotatable bonds is 4. The van der Waals surface area contributed by atoms with E-state index in [2.05, 4.69) is 10.2 Å². The van der Waals surface area contributed by atoms with Crippen LogP contribution in [-0.4, -0.2) is 25.3 Å². The first kappa shape index (κ1) is 19.3. The minimum absolute atomic E-state index is 0.0326. The van der Waals surface area contributed by atoms with E-state index in [-0.39, 0.29) is 17.5 Å². The summed E-state index contributed by atoms with van der Waals surface area (Å²) >= 11 is 0. The van der Waals surface area contributed by atoms with Crippen LogP contribution in [0.2, 0.25) is 0 Å². The van der Waals surface area contributed by atoms with E-state index >= 15 is 0 Å². The molecule has 1 saturated heterocycles. The van der Waals surface area contributed by atoms with Crippen molar-refractivity contribution in [2.75, 3.05) is 23.3 Å². The third kappa shape index (κ3) is 4.26. The zero-order valence-electron chi connectivity index (χ0n) is 14.3. The molecule has 0 unspecified atom stereocenters. The molecule has 1 heterocycles. The van der Waals surface area contributed by atoms with Gasteiger partial charge in [0.1, 0.15) is 0 Å². The summed E-state index contributed by atoms with van der Waals surface area (Å²) in [6, 6.07) is 10.8. The smallest absolute Gasteiger partial charge is 0.382 e. The Morgan fingerprint density at radius 1 is 0.926 bits per heavy atom. The van der Waals surface area contributed by atoms with Crippen LogP contribution in [0.3, 0.4) is 0 Å². The lowest BCUT2D eigenvalue weighted by Gasteiger charge is -2.34. The van der Waals surface area contributed by atoms with Gasteiger partial charge in [0.15, 0.2) is 5.75 Å². The Hall–Kier alpha value is -2.51. The largest absolute Gasteiger partial charge is 0.458 e. The summed E-state index contributed by atoms with van der Waals surface area (Å²) in [6.45, 7) is 1.38. The van der Waals surface area contributed by atoms with Crippen molar-refractivity contribution in [1.29, 1.82) is 0 Å². The molecule has 0 amide bonds. The molecule has 3 nitrogen and oxygen atoms in total. The van der Waals surface area contributed by atoms with Gasteiger partial charge in [0.05, 0.1) is 0 Å². The molecule has 0 saturated carbocycles. The van der Waals surface area contributed by atoms with Gasteiger partial charge in [-0.05, 0) is 49.2 Å². The zero-order chi connectivity index (χ0) is 19.7. The average Bonchev–Trinajstić information content (AvgIpc) is 2.62. The molecular weight excluding hydrogens is 367 g/mol. The van der Waals surface area contributed by atoms with Gasteiger partial charge in [-0.1, -0.05) is 12.1 Å². The fraction of sp³-hybridized carbons (Fsp3) is 0.368. The molecule has 2 aromatic carbocycles. The molecule has 1 N–H and O–H groups in total. The first-order chi connectivity index (χ1) is 12.7. The highest BCUT2D eigenvalue weighted by Crippen LogP contribution is 2.44. The van der Waals surface area contributed by atoms with Gasteiger partial charge in [0.2, 0.25) is 0 Å². The number of anilines is 2. The molecule has 1 radical (unpaired) electrons. The Balaban J connectivity index is 1.62. The van der Waals surface area contributed by atoms with Gasteiger partial charge < -0.3 is 10.2 Å². The van der Waals surface area contributed by atoms with Crippen molar-refractivity contribution in [1.82, 2.24) is 0 Å². The molecule has 0 bridgehead atoms. The molecule has 27 heavy (non-hydrogen) atoms. The maximum atomic E-state index is 13.5. The van der Waals surface area contributed by atoms with Crippen LogP contribution in [-0.2, 0) is 11.0 Å². The lowest BCUT2D eigenvalue weighted by molar-refractivity contribution is -0.289. The van der Waals surface area contributed by atoms with E-state index in [1.807, 2.05) is 0 Å². The van der Waals surface area contributed by atoms with Crippen molar-refractivity contribution in [3.63, 3.8) is 0 Å². The Labute approximate surface area is 153 Å². The lowest BCUT2D eigenvalue weighted by atomic mass is 10.0. The molecule has 0 spiro atoms. The minimum atomic E-state index is -5.63. The number of nitrogens with one attached hydrogen (secondary N) is 1. The summed E-state index contributed by atoms with van der Waals surface area (Å²) in [4.78, 5) is 2.10. The van der Waals surface area contributed by atoms with Crippen LogP contribution in [0.5, 0.6) is 5.75 Å². The van der Waals surface area contributed by atoms with Crippen molar-refractivity contribution in [2.45, 2.75) is 31.0 Å². The van der Waals surface area contributed by atoms with E-state index in [9.17, 15) is 27.1 Å². The normalized spacial score (nSPS) is 16.4. The van der Waals surface area contributed by atoms with Crippen molar-refractivity contribution in [3.8, 4) is 5.75 Å². The van der Waals surface area contributed by atoms with Crippen LogP contribution in [0, 0.1) is 0 Å². The van der Waals surface area contributed by atoms with Crippen LogP contribution >= 0.6 is 0 Å². The predicted molar refractivity (Wildman–Crippen MR) is 91.8 cm³/mol. The van der Waals surface area contributed by atoms with Gasteiger partial charge in [-0.3, -0.25) is 5.11 Å².